The van der Waals surface area contributed by atoms with E-state index < -0.39 is 5.97 Å². The summed E-state index contributed by atoms with van der Waals surface area (Å²) >= 11 is 1.31. The number of carbonyl (C=O) groups is 1. The number of hydrogen-bond donors (Lipinski definition) is 2. The van der Waals surface area contributed by atoms with Crippen LogP contribution in [0.5, 0.6) is 0 Å². The molecule has 3 aromatic heterocycles. The normalized spacial score (nSPS) is 17.5. The Morgan fingerprint density at radius 3 is 2.44 bits per heavy atom. The highest BCUT2D eigenvalue weighted by atomic mass is 32.1. The molecule has 0 spiro atoms. The second-order valence-electron chi connectivity index (χ2n) is 10.2. The molecule has 4 aromatic rings. The third-order valence-electron chi connectivity index (χ3n) is 7.85. The second-order valence-corrected chi connectivity index (χ2v) is 11.1. The summed E-state index contributed by atoms with van der Waals surface area (Å²) in [5, 5.41) is 5.12. The number of carbonyl (C=O) groups excluding carboxylic acids is 1. The summed E-state index contributed by atoms with van der Waals surface area (Å²) in [6.07, 6.45) is 4.38. The Kier molecular flexibility index (Phi) is 7.11. The first kappa shape index (κ1) is 25.6. The molecule has 0 saturated carbocycles. The minimum absolute atomic E-state index is 0.160. The lowest BCUT2D eigenvalue weighted by Gasteiger charge is -2.42. The lowest BCUT2D eigenvalue weighted by atomic mass is 10.0. The summed E-state index contributed by atoms with van der Waals surface area (Å²) in [6, 6.07) is 13.1. The van der Waals surface area contributed by atoms with Crippen molar-refractivity contribution in [3.63, 3.8) is 0 Å². The van der Waals surface area contributed by atoms with E-state index in [1.807, 2.05) is 28.3 Å². The number of likely N-dealkylation sites (N-methyl/N-ethyl adjacent to an activating group) is 1. The van der Waals surface area contributed by atoms with E-state index in [4.69, 9.17) is 10.5 Å². The van der Waals surface area contributed by atoms with Gasteiger partial charge >= 0.3 is 5.97 Å². The number of esters is 1. The van der Waals surface area contributed by atoms with Crippen LogP contribution in [0.25, 0.3) is 16.7 Å². The van der Waals surface area contributed by atoms with Crippen molar-refractivity contribution in [2.75, 3.05) is 69.4 Å². The van der Waals surface area contributed by atoms with Gasteiger partial charge in [0.25, 0.3) is 0 Å². The Morgan fingerprint density at radius 1 is 1.00 bits per heavy atom. The van der Waals surface area contributed by atoms with Gasteiger partial charge < -0.3 is 30.2 Å². The number of piperidine rings is 1. The fourth-order valence-electron chi connectivity index (χ4n) is 5.65. The fourth-order valence-corrected chi connectivity index (χ4v) is 6.42. The Bertz CT molecular complexity index is 1450. The van der Waals surface area contributed by atoms with Gasteiger partial charge in [-0.1, -0.05) is 0 Å². The molecule has 0 atom stereocenters. The number of piperazine rings is 1. The molecule has 0 radical (unpaired) electrons. The maximum Gasteiger partial charge on any atom is 0.350 e. The second kappa shape index (κ2) is 10.8. The number of hydrogen-bond acceptors (Lipinski definition) is 10. The van der Waals surface area contributed by atoms with E-state index in [0.29, 0.717) is 22.4 Å². The highest BCUT2D eigenvalue weighted by Gasteiger charge is 2.27. The van der Waals surface area contributed by atoms with E-state index in [0.717, 1.165) is 29.8 Å². The Labute approximate surface area is 232 Å². The first-order valence-electron chi connectivity index (χ1n) is 13.4. The lowest BCUT2D eigenvalue weighted by Crippen LogP contribution is -2.52. The molecule has 204 valence electrons. The van der Waals surface area contributed by atoms with Crippen LogP contribution in [0.15, 0.2) is 48.0 Å². The van der Waals surface area contributed by atoms with Gasteiger partial charge in [0.05, 0.1) is 18.3 Å². The van der Waals surface area contributed by atoms with Gasteiger partial charge in [0.1, 0.15) is 10.4 Å². The molecule has 11 heteroatoms. The number of nitrogens with one attached hydrogen (secondary N) is 1. The monoisotopic (exact) mass is 546 g/mol. The third-order valence-corrected chi connectivity index (χ3v) is 8.75. The van der Waals surface area contributed by atoms with Crippen molar-refractivity contribution < 1.29 is 9.53 Å². The Hall–Kier alpha value is -3.67. The van der Waals surface area contributed by atoms with Gasteiger partial charge in [0.2, 0.25) is 5.95 Å². The molecule has 2 aliphatic rings. The lowest BCUT2D eigenvalue weighted by molar-refractivity contribution is 0.0607. The summed E-state index contributed by atoms with van der Waals surface area (Å²) < 4.78 is 6.97. The van der Waals surface area contributed by atoms with Crippen molar-refractivity contribution in [2.45, 2.75) is 18.9 Å². The van der Waals surface area contributed by atoms with Crippen molar-refractivity contribution >= 4 is 51.5 Å². The molecule has 5 heterocycles. The van der Waals surface area contributed by atoms with E-state index in [9.17, 15) is 4.79 Å². The summed E-state index contributed by atoms with van der Waals surface area (Å²) in [5.74, 6) is 0.290. The topological polar surface area (TPSA) is 105 Å². The van der Waals surface area contributed by atoms with Crippen molar-refractivity contribution in [2.24, 2.45) is 0 Å². The number of nitrogens with zero attached hydrogens (tertiary/aromatic N) is 6. The largest absolute Gasteiger partial charge is 0.465 e. The first-order chi connectivity index (χ1) is 19.0. The van der Waals surface area contributed by atoms with Crippen molar-refractivity contribution in [3.05, 3.63) is 52.9 Å². The minimum atomic E-state index is -0.399. The van der Waals surface area contributed by atoms with Gasteiger partial charge in [-0.05, 0) is 61.7 Å². The molecule has 10 nitrogen and oxygen atoms in total. The summed E-state index contributed by atoms with van der Waals surface area (Å²) in [5.41, 5.74) is 10.4. The van der Waals surface area contributed by atoms with Crippen molar-refractivity contribution in [1.29, 1.82) is 0 Å². The molecule has 0 bridgehead atoms. The number of nitrogen functional groups attached to an aromatic ring is 1. The number of thiophene rings is 1. The van der Waals surface area contributed by atoms with Crippen molar-refractivity contribution in [3.8, 4) is 5.69 Å². The number of benzene rings is 1. The smallest absolute Gasteiger partial charge is 0.350 e. The maximum absolute atomic E-state index is 12.2. The first-order valence-corrected chi connectivity index (χ1v) is 14.2. The van der Waals surface area contributed by atoms with Crippen LogP contribution in [0.3, 0.4) is 0 Å². The number of anilines is 4. The summed E-state index contributed by atoms with van der Waals surface area (Å²) in [7, 11) is 3.59. The fraction of sp³-hybridized carbons (Fsp3) is 0.393. The summed E-state index contributed by atoms with van der Waals surface area (Å²) in [6.45, 7) is 6.86. The van der Waals surface area contributed by atoms with Gasteiger partial charge in [-0.25, -0.2) is 9.78 Å². The molecule has 6 rings (SSSR count). The van der Waals surface area contributed by atoms with Gasteiger partial charge in [-0.3, -0.25) is 4.90 Å². The molecule has 3 N–H and O–H groups in total. The molecule has 0 aliphatic carbocycles. The average Bonchev–Trinajstić information content (AvgIpc) is 3.60. The predicted molar refractivity (Wildman–Crippen MR) is 157 cm³/mol. The quantitative estimate of drug-likeness (QED) is 0.349. The average molecular weight is 547 g/mol. The molecule has 0 amide bonds. The zero-order chi connectivity index (χ0) is 26.9. The molecule has 2 aliphatic heterocycles. The van der Waals surface area contributed by atoms with Gasteiger partial charge in [-0.15, -0.1) is 11.3 Å². The SMILES string of the molecule is COC(=O)c1sccc1Nc1nc(N)nc2ccn(-c3ccc(N4CCC(N5CCN(C)CC5)CC4)cc3)c12. The van der Waals surface area contributed by atoms with Crippen LogP contribution >= 0.6 is 11.3 Å². The molecule has 39 heavy (non-hydrogen) atoms. The molecular formula is C28H34N8O2S. The molecule has 2 saturated heterocycles. The van der Waals surface area contributed by atoms with E-state index >= 15 is 0 Å². The molecule has 2 fully saturated rings. The van der Waals surface area contributed by atoms with E-state index in [1.54, 1.807) is 0 Å². The van der Waals surface area contributed by atoms with Crippen LogP contribution in [-0.2, 0) is 4.74 Å². The minimum Gasteiger partial charge on any atom is -0.465 e. The van der Waals surface area contributed by atoms with E-state index in [-0.39, 0.29) is 5.95 Å². The maximum atomic E-state index is 12.2. The van der Waals surface area contributed by atoms with E-state index in [2.05, 4.69) is 61.3 Å². The number of aromatic nitrogens is 3. The Morgan fingerprint density at radius 2 is 1.72 bits per heavy atom. The van der Waals surface area contributed by atoms with Crippen LogP contribution in [0.4, 0.5) is 23.1 Å². The Balaban J connectivity index is 1.21. The van der Waals surface area contributed by atoms with Gasteiger partial charge in [-0.2, -0.15) is 4.98 Å². The zero-order valence-electron chi connectivity index (χ0n) is 22.3. The zero-order valence-corrected chi connectivity index (χ0v) is 23.2. The number of nitrogens with two attached hydrogens (primary N) is 1. The number of methoxy groups -OCH3 is 1. The predicted octanol–water partition coefficient (Wildman–Crippen LogP) is 3.81. The summed E-state index contributed by atoms with van der Waals surface area (Å²) in [4.78, 5) is 29.2. The van der Waals surface area contributed by atoms with Crippen LogP contribution in [0.2, 0.25) is 0 Å². The molecule has 0 unspecified atom stereocenters. The van der Waals surface area contributed by atoms with E-state index in [1.165, 1.54) is 63.2 Å². The molecular weight excluding hydrogens is 512 g/mol. The van der Waals surface area contributed by atoms with Crippen LogP contribution in [-0.4, -0.2) is 89.8 Å². The highest BCUT2D eigenvalue weighted by molar-refractivity contribution is 7.12. The van der Waals surface area contributed by atoms with Crippen LogP contribution in [0, 0.1) is 0 Å². The number of fused-ring (bicyclic) bond motifs is 1. The van der Waals surface area contributed by atoms with Gasteiger partial charge in [0.15, 0.2) is 5.82 Å². The van der Waals surface area contributed by atoms with Crippen LogP contribution in [0.1, 0.15) is 22.5 Å². The molecule has 1 aromatic carbocycles. The number of rotatable bonds is 6. The van der Waals surface area contributed by atoms with Crippen LogP contribution < -0.4 is 16.0 Å². The van der Waals surface area contributed by atoms with Crippen molar-refractivity contribution in [1.82, 2.24) is 24.3 Å². The third kappa shape index (κ3) is 5.17. The standard InChI is InChI=1S/C28H34N8O2S/c1-33-14-16-35(17-15-33)20-7-11-34(12-8-20)19-3-5-21(6-4-19)36-13-9-22-24(36)26(32-28(29)31-22)30-23-10-18-39-25(23)27(37)38-2/h3-6,9-10,13,18,20H,7-8,11-12,14-17H2,1-2H3,(H3,29,30,31,32). The van der Waals surface area contributed by atoms with Gasteiger partial charge in [0, 0.05) is 62.9 Å². The number of ether oxygens (including phenoxy) is 1. The highest BCUT2D eigenvalue weighted by Crippen LogP contribution is 2.32.